The van der Waals surface area contributed by atoms with Gasteiger partial charge in [-0.25, -0.2) is 9.98 Å². The van der Waals surface area contributed by atoms with Crippen LogP contribution in [0, 0.1) is 20.8 Å². The van der Waals surface area contributed by atoms with Crippen LogP contribution >= 0.6 is 35.3 Å². The lowest BCUT2D eigenvalue weighted by Crippen LogP contribution is -2.36. The molecule has 0 radical (unpaired) electrons. The van der Waals surface area contributed by atoms with Crippen molar-refractivity contribution in [2.24, 2.45) is 4.99 Å². The smallest absolute Gasteiger partial charge is 0.191 e. The zero-order chi connectivity index (χ0) is 15.9. The van der Waals surface area contributed by atoms with Crippen LogP contribution in [0.2, 0.25) is 0 Å². The maximum Gasteiger partial charge on any atom is 0.191 e. The number of rotatable bonds is 5. The summed E-state index contributed by atoms with van der Waals surface area (Å²) in [6.45, 7) is 10.3. The lowest BCUT2D eigenvalue weighted by atomic mass is 10.2. The molecule has 2 heterocycles. The van der Waals surface area contributed by atoms with E-state index >= 15 is 0 Å². The molecule has 2 aromatic rings. The quantitative estimate of drug-likeness (QED) is 0.421. The molecule has 0 saturated carbocycles. The van der Waals surface area contributed by atoms with Gasteiger partial charge in [0.1, 0.15) is 0 Å². The molecule has 5 nitrogen and oxygen atoms in total. The van der Waals surface area contributed by atoms with Crippen molar-refractivity contribution in [3.8, 4) is 0 Å². The van der Waals surface area contributed by atoms with Gasteiger partial charge in [-0.1, -0.05) is 6.07 Å². The molecule has 2 rings (SSSR count). The lowest BCUT2D eigenvalue weighted by molar-refractivity contribution is 0.813. The maximum atomic E-state index is 4.61. The van der Waals surface area contributed by atoms with Crippen molar-refractivity contribution in [2.45, 2.75) is 40.8 Å². The number of halogens is 1. The van der Waals surface area contributed by atoms with Crippen LogP contribution in [0.15, 0.2) is 23.3 Å². The normalized spacial score (nSPS) is 11.0. The number of aromatic nitrogens is 2. The number of thiazole rings is 1. The van der Waals surface area contributed by atoms with Crippen molar-refractivity contribution in [3.05, 3.63) is 45.2 Å². The minimum atomic E-state index is 0. The molecular weight excluding hydrogens is 421 g/mol. The fourth-order valence-corrected chi connectivity index (χ4v) is 2.96. The topological polar surface area (TPSA) is 62.2 Å². The van der Waals surface area contributed by atoms with E-state index in [0.29, 0.717) is 6.54 Å². The SMILES string of the molecule is CCNC(=NCc1ncccc1C)NCc1sc(C)nc1C.I. The van der Waals surface area contributed by atoms with Gasteiger partial charge in [0.05, 0.1) is 29.5 Å². The number of aliphatic imine (C=N–C) groups is 1. The van der Waals surface area contributed by atoms with Crippen LogP contribution in [0.5, 0.6) is 0 Å². The molecule has 0 spiro atoms. The van der Waals surface area contributed by atoms with E-state index in [9.17, 15) is 0 Å². The van der Waals surface area contributed by atoms with Gasteiger partial charge in [0, 0.05) is 17.6 Å². The fourth-order valence-electron chi connectivity index (χ4n) is 2.08. The minimum Gasteiger partial charge on any atom is -0.357 e. The van der Waals surface area contributed by atoms with Gasteiger partial charge in [-0.15, -0.1) is 35.3 Å². The van der Waals surface area contributed by atoms with E-state index in [4.69, 9.17) is 0 Å². The van der Waals surface area contributed by atoms with Crippen LogP contribution in [-0.2, 0) is 13.1 Å². The molecule has 0 aromatic carbocycles. The van der Waals surface area contributed by atoms with Crippen molar-refractivity contribution >= 4 is 41.3 Å². The van der Waals surface area contributed by atoms with Crippen LogP contribution in [0.4, 0.5) is 0 Å². The molecule has 0 aliphatic rings. The summed E-state index contributed by atoms with van der Waals surface area (Å²) >= 11 is 1.72. The van der Waals surface area contributed by atoms with E-state index in [1.54, 1.807) is 11.3 Å². The van der Waals surface area contributed by atoms with Crippen molar-refractivity contribution in [3.63, 3.8) is 0 Å². The largest absolute Gasteiger partial charge is 0.357 e. The molecule has 7 heteroatoms. The average Bonchev–Trinajstić information content (AvgIpc) is 2.81. The summed E-state index contributed by atoms with van der Waals surface area (Å²) in [5.74, 6) is 0.804. The Morgan fingerprint density at radius 1 is 1.26 bits per heavy atom. The number of aryl methyl sites for hydroxylation is 3. The number of nitrogens with zero attached hydrogens (tertiary/aromatic N) is 3. The molecule has 0 saturated heterocycles. The van der Waals surface area contributed by atoms with E-state index < -0.39 is 0 Å². The molecule has 0 amide bonds. The molecule has 23 heavy (non-hydrogen) atoms. The molecular formula is C16H24IN5S. The number of hydrogen-bond donors (Lipinski definition) is 2. The third-order valence-corrected chi connectivity index (χ3v) is 4.34. The lowest BCUT2D eigenvalue weighted by Gasteiger charge is -2.11. The first kappa shape index (κ1) is 19.8. The second-order valence-electron chi connectivity index (χ2n) is 5.06. The highest BCUT2D eigenvalue weighted by molar-refractivity contribution is 14.0. The first-order valence-electron chi connectivity index (χ1n) is 7.45. The van der Waals surface area contributed by atoms with E-state index in [0.717, 1.165) is 41.0 Å². The fraction of sp³-hybridized carbons (Fsp3) is 0.438. The Morgan fingerprint density at radius 3 is 2.65 bits per heavy atom. The van der Waals surface area contributed by atoms with Crippen LogP contribution in [0.25, 0.3) is 0 Å². The van der Waals surface area contributed by atoms with Crippen LogP contribution < -0.4 is 10.6 Å². The van der Waals surface area contributed by atoms with Gasteiger partial charge >= 0.3 is 0 Å². The highest BCUT2D eigenvalue weighted by atomic mass is 127. The van der Waals surface area contributed by atoms with Gasteiger partial charge < -0.3 is 10.6 Å². The number of pyridine rings is 1. The van der Waals surface area contributed by atoms with Crippen molar-refractivity contribution in [1.29, 1.82) is 0 Å². The van der Waals surface area contributed by atoms with Crippen LogP contribution in [0.3, 0.4) is 0 Å². The van der Waals surface area contributed by atoms with Gasteiger partial charge in [-0.2, -0.15) is 0 Å². The Kier molecular flexibility index (Phi) is 8.46. The highest BCUT2D eigenvalue weighted by Gasteiger charge is 2.06. The van der Waals surface area contributed by atoms with Crippen LogP contribution in [0.1, 0.15) is 33.8 Å². The molecule has 126 valence electrons. The zero-order valence-electron chi connectivity index (χ0n) is 14.0. The van der Waals surface area contributed by atoms with Gasteiger partial charge in [0.15, 0.2) is 5.96 Å². The minimum absolute atomic E-state index is 0. The van der Waals surface area contributed by atoms with Crippen molar-refractivity contribution < 1.29 is 0 Å². The first-order chi connectivity index (χ1) is 10.6. The summed E-state index contributed by atoms with van der Waals surface area (Å²) in [7, 11) is 0. The summed E-state index contributed by atoms with van der Waals surface area (Å²) in [5.41, 5.74) is 3.26. The zero-order valence-corrected chi connectivity index (χ0v) is 17.2. The molecule has 0 bridgehead atoms. The third kappa shape index (κ3) is 6.06. The summed E-state index contributed by atoms with van der Waals surface area (Å²) in [4.78, 5) is 14.7. The Labute approximate surface area is 159 Å². The predicted octanol–water partition coefficient (Wildman–Crippen LogP) is 3.34. The molecule has 2 N–H and O–H groups in total. The van der Waals surface area contributed by atoms with Crippen LogP contribution in [-0.4, -0.2) is 22.5 Å². The first-order valence-corrected chi connectivity index (χ1v) is 8.27. The van der Waals surface area contributed by atoms with Gasteiger partial charge in [0.2, 0.25) is 0 Å². The van der Waals surface area contributed by atoms with E-state index in [2.05, 4.69) is 45.5 Å². The summed E-state index contributed by atoms with van der Waals surface area (Å²) in [5, 5.41) is 7.72. The standard InChI is InChI=1S/C16H23N5S.HI/c1-5-17-16(19-9-14-11(2)7-6-8-18-14)20-10-15-12(3)21-13(4)22-15;/h6-8H,5,9-10H2,1-4H3,(H2,17,19,20);1H. The van der Waals surface area contributed by atoms with E-state index in [-0.39, 0.29) is 24.0 Å². The highest BCUT2D eigenvalue weighted by Crippen LogP contribution is 2.16. The molecule has 0 aliphatic heterocycles. The Bertz CT molecular complexity index is 654. The second-order valence-corrected chi connectivity index (χ2v) is 6.34. The van der Waals surface area contributed by atoms with Crippen molar-refractivity contribution in [2.75, 3.05) is 6.54 Å². The number of nitrogens with one attached hydrogen (secondary N) is 2. The van der Waals surface area contributed by atoms with E-state index in [1.807, 2.05) is 26.1 Å². The van der Waals surface area contributed by atoms with Crippen molar-refractivity contribution in [1.82, 2.24) is 20.6 Å². The second kappa shape index (κ2) is 9.82. The monoisotopic (exact) mass is 445 g/mol. The molecule has 0 aliphatic carbocycles. The molecule has 0 unspecified atom stereocenters. The van der Waals surface area contributed by atoms with Gasteiger partial charge in [0.25, 0.3) is 0 Å². The van der Waals surface area contributed by atoms with Gasteiger partial charge in [-0.3, -0.25) is 4.98 Å². The van der Waals surface area contributed by atoms with E-state index in [1.165, 1.54) is 4.88 Å². The maximum absolute atomic E-state index is 4.61. The third-order valence-electron chi connectivity index (χ3n) is 3.27. The number of guanidine groups is 1. The summed E-state index contributed by atoms with van der Waals surface area (Å²) in [6, 6.07) is 4.00. The summed E-state index contributed by atoms with van der Waals surface area (Å²) in [6.07, 6.45) is 1.81. The predicted molar refractivity (Wildman–Crippen MR) is 108 cm³/mol. The Balaban J connectivity index is 0.00000264. The number of hydrogen-bond acceptors (Lipinski definition) is 4. The average molecular weight is 445 g/mol. The van der Waals surface area contributed by atoms with Gasteiger partial charge in [-0.05, 0) is 39.3 Å². The molecule has 0 atom stereocenters. The summed E-state index contributed by atoms with van der Waals surface area (Å²) < 4.78 is 0. The Morgan fingerprint density at radius 2 is 2.04 bits per heavy atom. The Hall–Kier alpha value is -1.22. The molecule has 0 fully saturated rings. The molecule has 2 aromatic heterocycles.